The molecule has 0 spiro atoms. The summed E-state index contributed by atoms with van der Waals surface area (Å²) in [6, 6.07) is 0. The van der Waals surface area contributed by atoms with Gasteiger partial charge < -0.3 is 15.0 Å². The molecule has 0 bridgehead atoms. The summed E-state index contributed by atoms with van der Waals surface area (Å²) in [6.45, 7) is 11.1. The van der Waals surface area contributed by atoms with E-state index >= 15 is 0 Å². The molecule has 2 rings (SSSR count). The molecule has 0 saturated carbocycles. The van der Waals surface area contributed by atoms with E-state index in [-0.39, 0.29) is 42.4 Å². The third kappa shape index (κ3) is 7.34. The molecule has 1 aromatic heterocycles. The second-order valence-corrected chi connectivity index (χ2v) is 9.71. The number of ether oxygens (including phenoxy) is 1. The van der Waals surface area contributed by atoms with Gasteiger partial charge in [-0.1, -0.05) is 0 Å². The van der Waals surface area contributed by atoms with Gasteiger partial charge in [-0.3, -0.25) is 9.67 Å². The Morgan fingerprint density at radius 2 is 1.87 bits per heavy atom. The Kier molecular flexibility index (Phi) is 11.0. The molecule has 1 fully saturated rings. The number of hydrogen-bond donors (Lipinski definition) is 1. The van der Waals surface area contributed by atoms with E-state index in [2.05, 4.69) is 27.2 Å². The van der Waals surface area contributed by atoms with Crippen molar-refractivity contribution in [1.82, 2.24) is 24.3 Å². The van der Waals surface area contributed by atoms with Crippen molar-refractivity contribution in [2.45, 2.75) is 40.2 Å². The highest BCUT2D eigenvalue weighted by Crippen LogP contribution is 2.12. The van der Waals surface area contributed by atoms with Gasteiger partial charge in [0.05, 0.1) is 24.2 Å². The molecule has 1 N–H and O–H groups in total. The predicted molar refractivity (Wildman–Crippen MR) is 131 cm³/mol. The van der Waals surface area contributed by atoms with E-state index in [0.717, 1.165) is 24.6 Å². The maximum Gasteiger partial charge on any atom is 0.216 e. The van der Waals surface area contributed by atoms with Gasteiger partial charge in [0, 0.05) is 52.5 Å². The SMILES string of the molecule is CN=C(NCCc1c(C)nn(C)c1C)N1CCN(S(=O)(=O)CCOC(C)C)CC1.I. The van der Waals surface area contributed by atoms with E-state index in [4.69, 9.17) is 4.74 Å². The quantitative estimate of drug-likeness (QED) is 0.294. The molecule has 0 aliphatic carbocycles. The second kappa shape index (κ2) is 12.2. The number of aliphatic imine (C=N–C) groups is 1. The number of nitrogens with zero attached hydrogens (tertiary/aromatic N) is 5. The maximum atomic E-state index is 12.5. The van der Waals surface area contributed by atoms with Crippen molar-refractivity contribution in [2.24, 2.45) is 12.0 Å². The van der Waals surface area contributed by atoms with E-state index in [0.29, 0.717) is 26.2 Å². The van der Waals surface area contributed by atoms with E-state index in [1.807, 2.05) is 32.5 Å². The highest BCUT2D eigenvalue weighted by atomic mass is 127. The maximum absolute atomic E-state index is 12.5. The standard InChI is InChI=1S/C19H36N6O3S.HI/c1-15(2)28-13-14-29(26,27)25-11-9-24(10-12-25)19(20-5)21-8-7-18-16(3)22-23(6)17(18)4;/h15H,7-14H2,1-6H3,(H,20,21);1H. The molecule has 1 aliphatic heterocycles. The van der Waals surface area contributed by atoms with E-state index in [1.165, 1.54) is 11.3 Å². The molecular weight excluding hydrogens is 519 g/mol. The van der Waals surface area contributed by atoms with E-state index in [1.54, 1.807) is 11.4 Å². The van der Waals surface area contributed by atoms with Crippen LogP contribution in [0.5, 0.6) is 0 Å². The number of guanidine groups is 1. The summed E-state index contributed by atoms with van der Waals surface area (Å²) in [5.74, 6) is 0.839. The van der Waals surface area contributed by atoms with Gasteiger partial charge >= 0.3 is 0 Å². The normalized spacial score (nSPS) is 16.1. The van der Waals surface area contributed by atoms with Gasteiger partial charge in [-0.25, -0.2) is 8.42 Å². The van der Waals surface area contributed by atoms with Crippen LogP contribution < -0.4 is 5.32 Å². The molecule has 0 amide bonds. The van der Waals surface area contributed by atoms with Crippen LogP contribution in [-0.4, -0.2) is 91.6 Å². The molecule has 1 saturated heterocycles. The minimum Gasteiger partial charge on any atom is -0.378 e. The topological polar surface area (TPSA) is 92.1 Å². The largest absolute Gasteiger partial charge is 0.378 e. The molecule has 2 heterocycles. The first-order chi connectivity index (χ1) is 13.7. The molecule has 0 unspecified atom stereocenters. The number of aryl methyl sites for hydroxylation is 2. The fourth-order valence-electron chi connectivity index (χ4n) is 3.51. The number of halogens is 1. The highest BCUT2D eigenvalue weighted by Gasteiger charge is 2.28. The Balaban J connectivity index is 0.00000450. The fraction of sp³-hybridized carbons (Fsp3) is 0.789. The Bertz CT molecular complexity index is 801. The number of aromatic nitrogens is 2. The average Bonchev–Trinajstić information content (AvgIpc) is 2.90. The lowest BCUT2D eigenvalue weighted by Gasteiger charge is -2.35. The van der Waals surface area contributed by atoms with Crippen molar-refractivity contribution in [3.05, 3.63) is 17.0 Å². The van der Waals surface area contributed by atoms with Crippen LogP contribution in [-0.2, 0) is 28.2 Å². The molecular formula is C19H37IN6O3S. The lowest BCUT2D eigenvalue weighted by atomic mass is 10.1. The molecule has 11 heteroatoms. The van der Waals surface area contributed by atoms with Crippen LogP contribution in [0, 0.1) is 13.8 Å². The predicted octanol–water partition coefficient (Wildman–Crippen LogP) is 1.15. The molecule has 30 heavy (non-hydrogen) atoms. The highest BCUT2D eigenvalue weighted by molar-refractivity contribution is 14.0. The second-order valence-electron chi connectivity index (χ2n) is 7.62. The summed E-state index contributed by atoms with van der Waals surface area (Å²) in [5, 5.41) is 7.86. The van der Waals surface area contributed by atoms with Crippen molar-refractivity contribution < 1.29 is 13.2 Å². The smallest absolute Gasteiger partial charge is 0.216 e. The number of rotatable bonds is 8. The first kappa shape index (κ1) is 27.1. The van der Waals surface area contributed by atoms with Crippen LogP contribution in [0.4, 0.5) is 0 Å². The van der Waals surface area contributed by atoms with Gasteiger partial charge in [-0.2, -0.15) is 9.40 Å². The van der Waals surface area contributed by atoms with Gasteiger partial charge in [-0.15, -0.1) is 24.0 Å². The Hall–Kier alpha value is -0.920. The van der Waals surface area contributed by atoms with Crippen LogP contribution in [0.2, 0.25) is 0 Å². The lowest BCUT2D eigenvalue weighted by Crippen LogP contribution is -2.54. The van der Waals surface area contributed by atoms with E-state index in [9.17, 15) is 8.42 Å². The summed E-state index contributed by atoms with van der Waals surface area (Å²) in [5.41, 5.74) is 3.50. The Morgan fingerprint density at radius 3 is 2.37 bits per heavy atom. The van der Waals surface area contributed by atoms with Crippen molar-refractivity contribution in [3.8, 4) is 0 Å². The summed E-state index contributed by atoms with van der Waals surface area (Å²) in [4.78, 5) is 6.48. The van der Waals surface area contributed by atoms with Crippen LogP contribution in [0.3, 0.4) is 0 Å². The summed E-state index contributed by atoms with van der Waals surface area (Å²) < 4.78 is 33.8. The van der Waals surface area contributed by atoms with Crippen molar-refractivity contribution in [3.63, 3.8) is 0 Å². The van der Waals surface area contributed by atoms with Crippen LogP contribution in [0.15, 0.2) is 4.99 Å². The number of sulfonamides is 1. The summed E-state index contributed by atoms with van der Waals surface area (Å²) in [7, 11) is 0.435. The Labute approximate surface area is 198 Å². The zero-order valence-electron chi connectivity index (χ0n) is 19.0. The van der Waals surface area contributed by atoms with Gasteiger partial charge in [0.2, 0.25) is 10.0 Å². The average molecular weight is 557 g/mol. The van der Waals surface area contributed by atoms with E-state index < -0.39 is 10.0 Å². The summed E-state index contributed by atoms with van der Waals surface area (Å²) in [6.07, 6.45) is 0.907. The van der Waals surface area contributed by atoms with Crippen LogP contribution >= 0.6 is 24.0 Å². The molecule has 1 aliphatic rings. The molecule has 0 radical (unpaired) electrons. The molecule has 9 nitrogen and oxygen atoms in total. The van der Waals surface area contributed by atoms with Crippen molar-refractivity contribution in [1.29, 1.82) is 0 Å². The zero-order chi connectivity index (χ0) is 21.6. The zero-order valence-corrected chi connectivity index (χ0v) is 22.2. The van der Waals surface area contributed by atoms with Crippen LogP contribution in [0.1, 0.15) is 30.8 Å². The number of piperazine rings is 1. The monoisotopic (exact) mass is 556 g/mol. The first-order valence-corrected chi connectivity index (χ1v) is 11.8. The lowest BCUT2D eigenvalue weighted by molar-refractivity contribution is 0.0904. The van der Waals surface area contributed by atoms with Crippen LogP contribution in [0.25, 0.3) is 0 Å². The molecule has 0 atom stereocenters. The third-order valence-electron chi connectivity index (χ3n) is 5.25. The first-order valence-electron chi connectivity index (χ1n) is 10.2. The van der Waals surface area contributed by atoms with Gasteiger partial charge in [0.25, 0.3) is 0 Å². The molecule has 1 aromatic rings. The van der Waals surface area contributed by atoms with Gasteiger partial charge in [-0.05, 0) is 39.7 Å². The molecule has 174 valence electrons. The van der Waals surface area contributed by atoms with Gasteiger partial charge in [0.1, 0.15) is 0 Å². The van der Waals surface area contributed by atoms with Gasteiger partial charge in [0.15, 0.2) is 5.96 Å². The Morgan fingerprint density at radius 1 is 1.23 bits per heavy atom. The summed E-state index contributed by atoms with van der Waals surface area (Å²) >= 11 is 0. The fourth-order valence-corrected chi connectivity index (χ4v) is 4.79. The minimum absolute atomic E-state index is 0. The van der Waals surface area contributed by atoms with Crippen molar-refractivity contribution >= 4 is 40.0 Å². The third-order valence-corrected chi connectivity index (χ3v) is 7.09. The number of hydrogen-bond acceptors (Lipinski definition) is 5. The minimum atomic E-state index is -3.28. The number of nitrogens with one attached hydrogen (secondary N) is 1. The molecule has 0 aromatic carbocycles. The van der Waals surface area contributed by atoms with Crippen molar-refractivity contribution in [2.75, 3.05) is 52.1 Å².